The number of esters is 2. The van der Waals surface area contributed by atoms with Crippen LogP contribution in [0.15, 0.2) is 91.0 Å². The molecule has 1 fully saturated rings. The number of hydrogen-bond acceptors (Lipinski definition) is 7. The molecule has 1 heterocycles. The minimum atomic E-state index is -1.36. The lowest BCUT2D eigenvalue weighted by Crippen LogP contribution is -2.40. The van der Waals surface area contributed by atoms with Gasteiger partial charge in [-0.2, -0.15) is 0 Å². The van der Waals surface area contributed by atoms with E-state index in [1.165, 1.54) is 0 Å². The number of rotatable bonds is 8. The molecule has 1 aliphatic rings. The van der Waals surface area contributed by atoms with Crippen LogP contribution in [0, 0.1) is 0 Å². The SMILES string of the molecule is O=C(OC[C@H]1O[C@@H](O)[C@H](OCc2ccccc2)[C@@H]1OC(=O)c1ccccc1)c1ccccc1. The van der Waals surface area contributed by atoms with Crippen LogP contribution in [0.3, 0.4) is 0 Å². The van der Waals surface area contributed by atoms with Gasteiger partial charge in [0.25, 0.3) is 0 Å². The molecular formula is C26H24O7. The van der Waals surface area contributed by atoms with E-state index in [4.69, 9.17) is 18.9 Å². The first-order valence-electron chi connectivity index (χ1n) is 10.6. The summed E-state index contributed by atoms with van der Waals surface area (Å²) >= 11 is 0. The summed E-state index contributed by atoms with van der Waals surface area (Å²) in [7, 11) is 0. The zero-order valence-corrected chi connectivity index (χ0v) is 17.8. The number of aliphatic hydroxyl groups excluding tert-OH is 1. The van der Waals surface area contributed by atoms with Crippen molar-refractivity contribution in [3.63, 3.8) is 0 Å². The van der Waals surface area contributed by atoms with Crippen molar-refractivity contribution in [2.75, 3.05) is 6.61 Å². The number of carbonyl (C=O) groups is 2. The maximum atomic E-state index is 12.7. The Morgan fingerprint density at radius 1 is 0.758 bits per heavy atom. The first-order valence-corrected chi connectivity index (χ1v) is 10.6. The van der Waals surface area contributed by atoms with E-state index < -0.39 is 36.5 Å². The quantitative estimate of drug-likeness (QED) is 0.528. The molecule has 4 rings (SSSR count). The summed E-state index contributed by atoms with van der Waals surface area (Å²) in [5.41, 5.74) is 1.61. The van der Waals surface area contributed by atoms with Crippen molar-refractivity contribution in [3.05, 3.63) is 108 Å². The molecule has 170 valence electrons. The number of benzene rings is 3. The van der Waals surface area contributed by atoms with E-state index >= 15 is 0 Å². The van der Waals surface area contributed by atoms with E-state index in [0.29, 0.717) is 11.1 Å². The topological polar surface area (TPSA) is 91.3 Å². The minimum Gasteiger partial charge on any atom is -0.459 e. The Morgan fingerprint density at radius 3 is 1.91 bits per heavy atom. The molecular weight excluding hydrogens is 424 g/mol. The van der Waals surface area contributed by atoms with Crippen molar-refractivity contribution in [1.29, 1.82) is 0 Å². The molecule has 7 heteroatoms. The van der Waals surface area contributed by atoms with E-state index in [2.05, 4.69) is 0 Å². The molecule has 4 atom stereocenters. The molecule has 3 aromatic carbocycles. The summed E-state index contributed by atoms with van der Waals surface area (Å²) in [5.74, 6) is -1.14. The third-order valence-corrected chi connectivity index (χ3v) is 5.21. The van der Waals surface area contributed by atoms with Gasteiger partial charge in [-0.25, -0.2) is 9.59 Å². The normalized spacial score (nSPS) is 22.0. The van der Waals surface area contributed by atoms with Crippen LogP contribution in [0.5, 0.6) is 0 Å². The van der Waals surface area contributed by atoms with Gasteiger partial charge in [-0.1, -0.05) is 66.7 Å². The van der Waals surface area contributed by atoms with Gasteiger partial charge < -0.3 is 24.1 Å². The van der Waals surface area contributed by atoms with Crippen LogP contribution in [0.4, 0.5) is 0 Å². The summed E-state index contributed by atoms with van der Waals surface area (Å²) in [6.07, 6.45) is -4.21. The van der Waals surface area contributed by atoms with Gasteiger partial charge in [0.1, 0.15) is 18.8 Å². The van der Waals surface area contributed by atoms with Crippen LogP contribution in [0.25, 0.3) is 0 Å². The van der Waals surface area contributed by atoms with Crippen molar-refractivity contribution in [1.82, 2.24) is 0 Å². The molecule has 33 heavy (non-hydrogen) atoms. The fourth-order valence-electron chi connectivity index (χ4n) is 3.51. The van der Waals surface area contributed by atoms with Crippen LogP contribution in [0.1, 0.15) is 26.3 Å². The second kappa shape index (κ2) is 10.9. The summed E-state index contributed by atoms with van der Waals surface area (Å²) < 4.78 is 22.5. The number of carbonyl (C=O) groups excluding carboxylic acids is 2. The van der Waals surface area contributed by atoms with Gasteiger partial charge in [0.05, 0.1) is 17.7 Å². The molecule has 3 aromatic rings. The van der Waals surface area contributed by atoms with Gasteiger partial charge in [0, 0.05) is 0 Å². The fourth-order valence-corrected chi connectivity index (χ4v) is 3.51. The molecule has 0 bridgehead atoms. The van der Waals surface area contributed by atoms with E-state index in [9.17, 15) is 14.7 Å². The molecule has 1 aliphatic heterocycles. The largest absolute Gasteiger partial charge is 0.459 e. The average Bonchev–Trinajstić information content (AvgIpc) is 3.16. The monoisotopic (exact) mass is 448 g/mol. The van der Waals surface area contributed by atoms with E-state index in [-0.39, 0.29) is 13.2 Å². The summed E-state index contributed by atoms with van der Waals surface area (Å²) in [6.45, 7) is -0.0371. The molecule has 0 saturated carbocycles. The molecule has 0 radical (unpaired) electrons. The predicted molar refractivity (Wildman–Crippen MR) is 118 cm³/mol. The lowest BCUT2D eigenvalue weighted by Gasteiger charge is -2.23. The van der Waals surface area contributed by atoms with Crippen molar-refractivity contribution in [2.24, 2.45) is 0 Å². The van der Waals surface area contributed by atoms with Crippen LogP contribution in [0.2, 0.25) is 0 Å². The lowest BCUT2D eigenvalue weighted by atomic mass is 10.1. The fraction of sp³-hybridized carbons (Fsp3) is 0.231. The Morgan fingerprint density at radius 2 is 1.30 bits per heavy atom. The third kappa shape index (κ3) is 5.84. The Hall–Kier alpha value is -3.52. The molecule has 1 N–H and O–H groups in total. The standard InChI is InChI=1S/C26H24O7/c27-24(19-12-6-2-7-13-19)31-17-21-22(33-25(28)20-14-8-3-9-15-20)23(26(29)32-21)30-16-18-10-4-1-5-11-18/h1-15,21-23,26,29H,16-17H2/t21-,22-,23-,26-/m1/s1. The van der Waals surface area contributed by atoms with E-state index in [0.717, 1.165) is 5.56 Å². The van der Waals surface area contributed by atoms with Crippen LogP contribution in [-0.4, -0.2) is 48.3 Å². The summed E-state index contributed by atoms with van der Waals surface area (Å²) in [6, 6.07) is 26.4. The van der Waals surface area contributed by atoms with E-state index in [1.807, 2.05) is 30.3 Å². The summed E-state index contributed by atoms with van der Waals surface area (Å²) in [4.78, 5) is 25.1. The maximum absolute atomic E-state index is 12.7. The average molecular weight is 448 g/mol. The van der Waals surface area contributed by atoms with Crippen molar-refractivity contribution < 1.29 is 33.6 Å². The molecule has 0 aliphatic carbocycles. The van der Waals surface area contributed by atoms with E-state index in [1.54, 1.807) is 60.7 Å². The molecule has 7 nitrogen and oxygen atoms in total. The van der Waals surface area contributed by atoms with Crippen molar-refractivity contribution >= 4 is 11.9 Å². The minimum absolute atomic E-state index is 0.182. The molecule has 1 saturated heterocycles. The highest BCUT2D eigenvalue weighted by atomic mass is 16.7. The second-order valence-corrected chi connectivity index (χ2v) is 7.53. The third-order valence-electron chi connectivity index (χ3n) is 5.21. The smallest absolute Gasteiger partial charge is 0.338 e. The van der Waals surface area contributed by atoms with Gasteiger partial charge in [0.2, 0.25) is 0 Å². The lowest BCUT2D eigenvalue weighted by molar-refractivity contribution is -0.150. The van der Waals surface area contributed by atoms with Gasteiger partial charge in [-0.05, 0) is 29.8 Å². The first-order chi connectivity index (χ1) is 16.1. The van der Waals surface area contributed by atoms with Crippen molar-refractivity contribution in [2.45, 2.75) is 31.2 Å². The Balaban J connectivity index is 1.47. The zero-order valence-electron chi connectivity index (χ0n) is 17.8. The molecule has 0 unspecified atom stereocenters. The summed E-state index contributed by atoms with van der Waals surface area (Å²) in [5, 5.41) is 10.5. The number of hydrogen-bond donors (Lipinski definition) is 1. The molecule has 0 spiro atoms. The van der Waals surface area contributed by atoms with Crippen LogP contribution >= 0.6 is 0 Å². The number of aliphatic hydroxyl groups is 1. The highest BCUT2D eigenvalue weighted by Crippen LogP contribution is 2.28. The van der Waals surface area contributed by atoms with Crippen molar-refractivity contribution in [3.8, 4) is 0 Å². The molecule has 0 aromatic heterocycles. The first kappa shape index (κ1) is 22.7. The van der Waals surface area contributed by atoms with Gasteiger partial charge in [0.15, 0.2) is 12.4 Å². The molecule has 0 amide bonds. The Kier molecular flexibility index (Phi) is 7.47. The van der Waals surface area contributed by atoms with Gasteiger partial charge in [-0.3, -0.25) is 0 Å². The van der Waals surface area contributed by atoms with Crippen LogP contribution in [-0.2, 0) is 25.6 Å². The Labute approximate surface area is 191 Å². The predicted octanol–water partition coefficient (Wildman–Crippen LogP) is 3.37. The zero-order chi connectivity index (χ0) is 23.0. The second-order valence-electron chi connectivity index (χ2n) is 7.53. The highest BCUT2D eigenvalue weighted by Gasteiger charge is 2.48. The Bertz CT molecular complexity index is 1040. The van der Waals surface area contributed by atoms with Crippen LogP contribution < -0.4 is 0 Å². The van der Waals surface area contributed by atoms with Gasteiger partial charge >= 0.3 is 11.9 Å². The highest BCUT2D eigenvalue weighted by molar-refractivity contribution is 5.90. The number of ether oxygens (including phenoxy) is 4. The maximum Gasteiger partial charge on any atom is 0.338 e. The van der Waals surface area contributed by atoms with Gasteiger partial charge in [-0.15, -0.1) is 0 Å².